The van der Waals surface area contributed by atoms with Crippen molar-refractivity contribution in [1.29, 1.82) is 0 Å². The van der Waals surface area contributed by atoms with Gasteiger partial charge in [0, 0.05) is 14.2 Å². The first kappa shape index (κ1) is 22.4. The van der Waals surface area contributed by atoms with E-state index < -0.39 is 0 Å². The van der Waals surface area contributed by atoms with Gasteiger partial charge in [-0.25, -0.2) is 0 Å². The largest absolute Gasteiger partial charge is 2.00 e. The number of halogens is 2. The standard InChI is InChI=1S/C4H10O2.2BrH.Ni/c1-4(5-2)6-3;;;/h4H,1-3H3;2*1H;/q;;;+2/p-2. The number of hydrogen-bond acceptors (Lipinski definition) is 2. The molecular weight excluding hydrogens is 299 g/mol. The Morgan fingerprint density at radius 2 is 1.22 bits per heavy atom. The molecule has 0 aromatic carbocycles. The van der Waals surface area contributed by atoms with Crippen LogP contribution in [0, 0.1) is 0 Å². The van der Waals surface area contributed by atoms with Crippen LogP contribution in [0.3, 0.4) is 0 Å². The van der Waals surface area contributed by atoms with Gasteiger partial charge < -0.3 is 43.4 Å². The van der Waals surface area contributed by atoms with Gasteiger partial charge in [0.1, 0.15) is 0 Å². The molecule has 0 fully saturated rings. The molecule has 0 saturated carbocycles. The van der Waals surface area contributed by atoms with Crippen molar-refractivity contribution in [3.63, 3.8) is 0 Å². The fraction of sp³-hybridized carbons (Fsp3) is 1.00. The summed E-state index contributed by atoms with van der Waals surface area (Å²) in [5.74, 6) is 0. The van der Waals surface area contributed by atoms with Gasteiger partial charge in [-0.1, -0.05) is 0 Å². The summed E-state index contributed by atoms with van der Waals surface area (Å²) in [4.78, 5) is 0. The SMILES string of the molecule is COC(C)OC.[Br-].[Br-].[Ni+2]. The van der Waals surface area contributed by atoms with Crippen LogP contribution in [0.5, 0.6) is 0 Å². The third-order valence-electron chi connectivity index (χ3n) is 0.664. The molecule has 5 heteroatoms. The molecule has 0 saturated heterocycles. The predicted molar refractivity (Wildman–Crippen MR) is 23.5 cm³/mol. The third kappa shape index (κ3) is 17.6. The van der Waals surface area contributed by atoms with Crippen molar-refractivity contribution in [2.75, 3.05) is 14.2 Å². The summed E-state index contributed by atoms with van der Waals surface area (Å²) in [6.07, 6.45) is -0.0648. The van der Waals surface area contributed by atoms with Gasteiger partial charge in [-0.05, 0) is 6.92 Å². The first-order chi connectivity index (χ1) is 2.81. The van der Waals surface area contributed by atoms with Gasteiger partial charge in [0.05, 0.1) is 0 Å². The molecule has 62 valence electrons. The van der Waals surface area contributed by atoms with Crippen LogP contribution in [0.1, 0.15) is 6.92 Å². The maximum atomic E-state index is 4.68. The van der Waals surface area contributed by atoms with Crippen LogP contribution in [0.4, 0.5) is 0 Å². The summed E-state index contributed by atoms with van der Waals surface area (Å²) >= 11 is 0. The quantitative estimate of drug-likeness (QED) is 0.375. The number of rotatable bonds is 2. The molecule has 0 heterocycles. The summed E-state index contributed by atoms with van der Waals surface area (Å²) in [7, 11) is 3.21. The molecule has 0 unspecified atom stereocenters. The van der Waals surface area contributed by atoms with Gasteiger partial charge in [0.15, 0.2) is 6.29 Å². The Morgan fingerprint density at radius 3 is 1.22 bits per heavy atom. The number of hydrogen-bond donors (Lipinski definition) is 0. The Labute approximate surface area is 87.1 Å². The monoisotopic (exact) mass is 306 g/mol. The molecule has 0 aliphatic rings. The van der Waals surface area contributed by atoms with E-state index in [1.807, 2.05) is 6.92 Å². The minimum absolute atomic E-state index is 0. The van der Waals surface area contributed by atoms with Gasteiger partial charge in [0.25, 0.3) is 0 Å². The molecule has 0 aliphatic carbocycles. The second kappa shape index (κ2) is 16.2. The van der Waals surface area contributed by atoms with Crippen LogP contribution in [-0.4, -0.2) is 20.5 Å². The second-order valence-electron chi connectivity index (χ2n) is 1.04. The van der Waals surface area contributed by atoms with E-state index in [-0.39, 0.29) is 56.7 Å². The van der Waals surface area contributed by atoms with E-state index in [9.17, 15) is 0 Å². The first-order valence-electron chi connectivity index (χ1n) is 1.87. The second-order valence-corrected chi connectivity index (χ2v) is 1.04. The van der Waals surface area contributed by atoms with Gasteiger partial charge in [-0.2, -0.15) is 0 Å². The molecule has 0 radical (unpaired) electrons. The zero-order valence-corrected chi connectivity index (χ0v) is 9.63. The topological polar surface area (TPSA) is 18.5 Å². The number of ether oxygens (including phenoxy) is 2. The summed E-state index contributed by atoms with van der Waals surface area (Å²) in [5, 5.41) is 0. The molecule has 0 spiro atoms. The fourth-order valence-electron chi connectivity index (χ4n) is 0.0962. The van der Waals surface area contributed by atoms with Crippen LogP contribution < -0.4 is 34.0 Å². The van der Waals surface area contributed by atoms with Crippen molar-refractivity contribution in [3.05, 3.63) is 0 Å². The Bertz CT molecular complexity index is 35.7. The summed E-state index contributed by atoms with van der Waals surface area (Å²) < 4.78 is 9.35. The van der Waals surface area contributed by atoms with Gasteiger partial charge in [0.2, 0.25) is 0 Å². The van der Waals surface area contributed by atoms with Crippen LogP contribution in [-0.2, 0) is 26.0 Å². The third-order valence-corrected chi connectivity index (χ3v) is 0.664. The van der Waals surface area contributed by atoms with Crippen molar-refractivity contribution < 1.29 is 59.9 Å². The average Bonchev–Trinajstić information content (AvgIpc) is 1.65. The van der Waals surface area contributed by atoms with Crippen LogP contribution in [0.25, 0.3) is 0 Å². The van der Waals surface area contributed by atoms with Crippen LogP contribution in [0.15, 0.2) is 0 Å². The van der Waals surface area contributed by atoms with Gasteiger partial charge in [-0.3, -0.25) is 0 Å². The minimum atomic E-state index is -0.0648. The normalized spacial score (nSPS) is 6.67. The molecule has 9 heavy (non-hydrogen) atoms. The molecule has 0 aromatic rings. The van der Waals surface area contributed by atoms with Crippen LogP contribution in [0.2, 0.25) is 0 Å². The fourth-order valence-corrected chi connectivity index (χ4v) is 0.0962. The zero-order valence-electron chi connectivity index (χ0n) is 5.47. The summed E-state index contributed by atoms with van der Waals surface area (Å²) in [6.45, 7) is 1.83. The van der Waals surface area contributed by atoms with E-state index in [1.54, 1.807) is 14.2 Å². The minimum Gasteiger partial charge on any atom is -1.00 e. The van der Waals surface area contributed by atoms with Crippen molar-refractivity contribution in [2.45, 2.75) is 13.2 Å². The maximum Gasteiger partial charge on any atom is 2.00 e. The van der Waals surface area contributed by atoms with Crippen molar-refractivity contribution in [1.82, 2.24) is 0 Å². The van der Waals surface area contributed by atoms with Gasteiger partial charge >= 0.3 is 16.5 Å². The van der Waals surface area contributed by atoms with E-state index in [4.69, 9.17) is 0 Å². The van der Waals surface area contributed by atoms with Crippen molar-refractivity contribution in [3.8, 4) is 0 Å². The van der Waals surface area contributed by atoms with Crippen LogP contribution >= 0.6 is 0 Å². The maximum absolute atomic E-state index is 4.68. The predicted octanol–water partition coefficient (Wildman–Crippen LogP) is -5.37. The molecule has 0 aliphatic heterocycles. The molecule has 2 nitrogen and oxygen atoms in total. The first-order valence-corrected chi connectivity index (χ1v) is 1.87. The van der Waals surface area contributed by atoms with E-state index in [0.29, 0.717) is 0 Å². The van der Waals surface area contributed by atoms with Crippen molar-refractivity contribution in [2.24, 2.45) is 0 Å². The smallest absolute Gasteiger partial charge is 1.00 e. The Morgan fingerprint density at radius 1 is 1.00 bits per heavy atom. The summed E-state index contributed by atoms with van der Waals surface area (Å²) in [6, 6.07) is 0. The number of methoxy groups -OCH3 is 2. The Kier molecular flexibility index (Phi) is 40.3. The Balaban J connectivity index is -0.0000000417. The molecule has 0 N–H and O–H groups in total. The van der Waals surface area contributed by atoms with Crippen molar-refractivity contribution >= 4 is 0 Å². The van der Waals surface area contributed by atoms with E-state index in [1.165, 1.54) is 0 Å². The van der Waals surface area contributed by atoms with Gasteiger partial charge in [-0.15, -0.1) is 0 Å². The molecule has 0 aromatic heterocycles. The zero-order chi connectivity index (χ0) is 4.99. The molecule has 0 rings (SSSR count). The summed E-state index contributed by atoms with van der Waals surface area (Å²) in [5.41, 5.74) is 0. The molecule has 0 amide bonds. The van der Waals surface area contributed by atoms with E-state index in [2.05, 4.69) is 9.47 Å². The molecular formula is C4H10Br2NiO2. The molecule has 0 atom stereocenters. The van der Waals surface area contributed by atoms with E-state index >= 15 is 0 Å². The van der Waals surface area contributed by atoms with E-state index in [0.717, 1.165) is 0 Å². The average molecular weight is 309 g/mol. The molecule has 0 bridgehead atoms. The Hall–Kier alpha value is 1.37.